The third-order valence-electron chi connectivity index (χ3n) is 4.79. The number of hydrogen-bond donors (Lipinski definition) is 2. The maximum atomic E-state index is 14.6. The largest absolute Gasteiger partial charge is 1.00 e. The molecule has 0 saturated carbocycles. The van der Waals surface area contributed by atoms with Gasteiger partial charge in [-0.25, -0.2) is 19.3 Å². The highest BCUT2D eigenvalue weighted by atomic mass is 35.5. The Hall–Kier alpha value is -3.69. The monoisotopic (exact) mass is 423 g/mol. The predicted octanol–water partition coefficient (Wildman–Crippen LogP) is -1.71. The zero-order chi connectivity index (χ0) is 20.0. The highest BCUT2D eigenvalue weighted by molar-refractivity contribution is 5.78. The first-order valence-corrected chi connectivity index (χ1v) is 8.90. The Kier molecular flexibility index (Phi) is 4.98. The average molecular weight is 424 g/mol. The molecule has 4 aromatic rings. The van der Waals surface area contributed by atoms with Crippen LogP contribution in [0, 0.1) is 5.82 Å². The molecule has 30 heavy (non-hydrogen) atoms. The molecule has 150 valence electrons. The van der Waals surface area contributed by atoms with Gasteiger partial charge in [0.05, 0.1) is 16.6 Å². The van der Waals surface area contributed by atoms with Gasteiger partial charge in [-0.15, -0.1) is 0 Å². The number of nitrogens with one attached hydrogen (secondary N) is 1. The summed E-state index contributed by atoms with van der Waals surface area (Å²) in [5.74, 6) is 0.731. The number of nitrogen functional groups attached to an aromatic ring is 1. The maximum Gasteiger partial charge on any atom is 0.266 e. The Balaban J connectivity index is 0.00000218. The van der Waals surface area contributed by atoms with E-state index < -0.39 is 5.82 Å². The Morgan fingerprint density at radius 1 is 1.07 bits per heavy atom. The Morgan fingerprint density at radius 3 is 2.67 bits per heavy atom. The Bertz CT molecular complexity index is 1350. The van der Waals surface area contributed by atoms with Crippen molar-refractivity contribution in [3.8, 4) is 5.69 Å². The summed E-state index contributed by atoms with van der Waals surface area (Å²) in [5, 5.41) is 0.413. The number of nitrogens with zero attached hydrogens (tertiary/aromatic N) is 5. The number of quaternary nitrogens is 1. The molecule has 1 aliphatic rings. The van der Waals surface area contributed by atoms with Crippen molar-refractivity contribution in [1.29, 1.82) is 0 Å². The van der Waals surface area contributed by atoms with Crippen LogP contribution >= 0.6 is 0 Å². The SMILES string of the molecule is Nc1ncnc2c1N=C[NH+]2Cc1nc2ccccc2c(=O)n1-c1ccccc1F.[Cl-]. The lowest BCUT2D eigenvalue weighted by Gasteiger charge is -2.16. The number of aliphatic imine (C=N–C) groups is 1. The van der Waals surface area contributed by atoms with Gasteiger partial charge < -0.3 is 18.1 Å². The first-order valence-electron chi connectivity index (χ1n) is 8.90. The minimum absolute atomic E-state index is 0. The number of benzene rings is 2. The summed E-state index contributed by atoms with van der Waals surface area (Å²) in [6.07, 6.45) is 2.99. The number of aromatic nitrogens is 4. The van der Waals surface area contributed by atoms with E-state index in [2.05, 4.69) is 19.9 Å². The van der Waals surface area contributed by atoms with Crippen LogP contribution in [-0.4, -0.2) is 25.9 Å². The van der Waals surface area contributed by atoms with Gasteiger partial charge in [-0.1, -0.05) is 24.3 Å². The summed E-state index contributed by atoms with van der Waals surface area (Å²) in [4.78, 5) is 31.1. The van der Waals surface area contributed by atoms with Crippen molar-refractivity contribution in [3.63, 3.8) is 0 Å². The molecule has 0 radical (unpaired) electrons. The highest BCUT2D eigenvalue weighted by Crippen LogP contribution is 2.26. The summed E-state index contributed by atoms with van der Waals surface area (Å²) in [6, 6.07) is 13.1. The lowest BCUT2D eigenvalue weighted by atomic mass is 10.2. The van der Waals surface area contributed by atoms with Gasteiger partial charge in [0.25, 0.3) is 11.4 Å². The summed E-state index contributed by atoms with van der Waals surface area (Å²) in [7, 11) is 0. The topological polar surface area (TPSA) is 103 Å². The van der Waals surface area contributed by atoms with Crippen molar-refractivity contribution in [2.24, 2.45) is 4.99 Å². The van der Waals surface area contributed by atoms with Gasteiger partial charge in [0.2, 0.25) is 0 Å². The average Bonchev–Trinajstić information content (AvgIpc) is 3.14. The zero-order valence-corrected chi connectivity index (χ0v) is 16.2. The van der Waals surface area contributed by atoms with Crippen molar-refractivity contribution in [2.45, 2.75) is 6.54 Å². The lowest BCUT2D eigenvalue weighted by Crippen LogP contribution is -3.04. The first kappa shape index (κ1) is 19.6. The molecule has 3 N–H and O–H groups in total. The number of rotatable bonds is 3. The second-order valence-electron chi connectivity index (χ2n) is 6.55. The van der Waals surface area contributed by atoms with Crippen molar-refractivity contribution in [2.75, 3.05) is 5.73 Å². The second kappa shape index (κ2) is 7.62. The van der Waals surface area contributed by atoms with Gasteiger partial charge in [-0.05, 0) is 24.3 Å². The van der Waals surface area contributed by atoms with E-state index in [-0.39, 0.29) is 36.0 Å². The fourth-order valence-electron chi connectivity index (χ4n) is 3.44. The molecule has 0 amide bonds. The van der Waals surface area contributed by atoms with E-state index in [4.69, 9.17) is 5.73 Å². The molecular weight excluding hydrogens is 409 g/mol. The summed E-state index contributed by atoms with van der Waals surface area (Å²) < 4.78 is 15.9. The smallest absolute Gasteiger partial charge is 0.266 e. The zero-order valence-electron chi connectivity index (χ0n) is 15.5. The van der Waals surface area contributed by atoms with Crippen LogP contribution in [0.25, 0.3) is 16.6 Å². The molecule has 0 spiro atoms. The van der Waals surface area contributed by atoms with Crippen LogP contribution in [-0.2, 0) is 6.54 Å². The minimum atomic E-state index is -0.509. The van der Waals surface area contributed by atoms with Crippen LogP contribution in [0.5, 0.6) is 0 Å². The predicted molar refractivity (Wildman–Crippen MR) is 106 cm³/mol. The van der Waals surface area contributed by atoms with Crippen LogP contribution in [0.15, 0.2) is 64.6 Å². The number of nitrogens with two attached hydrogens (primary N) is 1. The fourth-order valence-corrected chi connectivity index (χ4v) is 3.44. The fraction of sp³-hybridized carbons (Fsp3) is 0.0500. The maximum absolute atomic E-state index is 14.6. The normalized spacial score (nSPS) is 14.5. The Labute approximate surface area is 176 Å². The first-order chi connectivity index (χ1) is 14.1. The van der Waals surface area contributed by atoms with E-state index in [1.54, 1.807) is 48.8 Å². The van der Waals surface area contributed by atoms with Crippen LogP contribution < -0.4 is 28.6 Å². The van der Waals surface area contributed by atoms with Crippen LogP contribution in [0.4, 0.5) is 21.7 Å². The standard InChI is InChI=1S/C20H14FN7O.ClH/c21-13-6-2-4-8-15(13)28-16(26-14-7-3-1-5-12(14)20(28)29)9-27-11-25-17-18(22)23-10-24-19(17)27;/h1-8,10-11H,9H2,(H2,22,23,24);1H. The van der Waals surface area contributed by atoms with Gasteiger partial charge in [0, 0.05) is 0 Å². The van der Waals surface area contributed by atoms with Crippen molar-refractivity contribution >= 4 is 34.6 Å². The molecule has 2 aromatic heterocycles. The molecule has 2 aromatic carbocycles. The Morgan fingerprint density at radius 2 is 1.83 bits per heavy atom. The third-order valence-corrected chi connectivity index (χ3v) is 4.79. The number of anilines is 1. The molecule has 10 heteroatoms. The summed E-state index contributed by atoms with van der Waals surface area (Å²) >= 11 is 0. The highest BCUT2D eigenvalue weighted by Gasteiger charge is 2.28. The molecule has 1 atom stereocenters. The van der Waals surface area contributed by atoms with Crippen LogP contribution in [0.2, 0.25) is 0 Å². The number of fused-ring (bicyclic) bond motifs is 2. The van der Waals surface area contributed by atoms with E-state index >= 15 is 0 Å². The van der Waals surface area contributed by atoms with Crippen molar-refractivity contribution in [3.05, 3.63) is 76.9 Å². The lowest BCUT2D eigenvalue weighted by molar-refractivity contribution is -0.740. The van der Waals surface area contributed by atoms with E-state index in [0.29, 0.717) is 28.2 Å². The van der Waals surface area contributed by atoms with Gasteiger partial charge >= 0.3 is 0 Å². The van der Waals surface area contributed by atoms with Gasteiger partial charge in [-0.3, -0.25) is 9.36 Å². The third kappa shape index (κ3) is 3.10. The molecule has 8 nitrogen and oxygen atoms in total. The van der Waals surface area contributed by atoms with E-state index in [1.165, 1.54) is 17.0 Å². The van der Waals surface area contributed by atoms with Crippen molar-refractivity contribution < 1.29 is 21.7 Å². The van der Waals surface area contributed by atoms with Gasteiger partial charge in [0.15, 0.2) is 23.7 Å². The quantitative estimate of drug-likeness (QED) is 0.408. The molecule has 0 fully saturated rings. The van der Waals surface area contributed by atoms with Gasteiger partial charge in [0.1, 0.15) is 18.7 Å². The second-order valence-corrected chi connectivity index (χ2v) is 6.55. The van der Waals surface area contributed by atoms with E-state index in [0.717, 1.165) is 4.90 Å². The van der Waals surface area contributed by atoms with Crippen LogP contribution in [0.3, 0.4) is 0 Å². The molecule has 0 aliphatic carbocycles. The van der Waals surface area contributed by atoms with Crippen LogP contribution in [0.1, 0.15) is 5.82 Å². The molecule has 0 saturated heterocycles. The van der Waals surface area contributed by atoms with Gasteiger partial charge in [-0.2, -0.15) is 9.98 Å². The number of halogens is 2. The summed E-state index contributed by atoms with van der Waals surface area (Å²) in [6.45, 7) is 0.224. The molecule has 0 bridgehead atoms. The molecule has 1 aliphatic heterocycles. The summed E-state index contributed by atoms with van der Waals surface area (Å²) in [5.41, 5.74) is 6.70. The molecular formula is C20H15ClFN7O. The van der Waals surface area contributed by atoms with E-state index in [9.17, 15) is 9.18 Å². The van der Waals surface area contributed by atoms with E-state index in [1.807, 2.05) is 0 Å². The molecule has 1 unspecified atom stereocenters. The number of para-hydroxylation sites is 2. The minimum Gasteiger partial charge on any atom is -1.00 e. The molecule has 3 heterocycles. The van der Waals surface area contributed by atoms with Crippen molar-refractivity contribution in [1.82, 2.24) is 19.5 Å². The number of hydrogen-bond acceptors (Lipinski definition) is 6. The molecule has 5 rings (SSSR count).